The molecule has 2 atom stereocenters. The van der Waals surface area contributed by atoms with Crippen molar-refractivity contribution in [2.24, 2.45) is 0 Å². The third-order valence-corrected chi connectivity index (χ3v) is 14.8. The molecule has 0 aliphatic heterocycles. The predicted molar refractivity (Wildman–Crippen MR) is 306 cm³/mol. The molecule has 2 unspecified atom stereocenters. The van der Waals surface area contributed by atoms with E-state index in [9.17, 15) is 19.8 Å². The molecule has 0 heterocycles. The average Bonchev–Trinajstić information content (AvgIpc) is 3.36. The molecule has 414 valence electrons. The zero-order valence-electron chi connectivity index (χ0n) is 47.3. The monoisotopic (exact) mass is 986 g/mol. The number of esters is 1. The second-order valence-electron chi connectivity index (χ2n) is 21.7. The van der Waals surface area contributed by atoms with Crippen LogP contribution < -0.4 is 5.32 Å². The molecule has 0 bridgehead atoms. The normalized spacial score (nSPS) is 12.7. The van der Waals surface area contributed by atoms with Crippen molar-refractivity contribution in [3.63, 3.8) is 0 Å². The van der Waals surface area contributed by atoms with Crippen LogP contribution in [0.25, 0.3) is 0 Å². The first-order chi connectivity index (χ1) is 34.5. The molecule has 0 aliphatic rings. The Morgan fingerprint density at radius 2 is 0.714 bits per heavy atom. The summed E-state index contributed by atoms with van der Waals surface area (Å²) in [4.78, 5) is 24.5. The van der Waals surface area contributed by atoms with Gasteiger partial charge in [0.25, 0.3) is 0 Å². The minimum atomic E-state index is -0.664. The summed E-state index contributed by atoms with van der Waals surface area (Å²) in [5, 5.41) is 23.1. The second-order valence-corrected chi connectivity index (χ2v) is 21.7. The van der Waals surface area contributed by atoms with Crippen LogP contribution in [0.3, 0.4) is 0 Å². The van der Waals surface area contributed by atoms with Crippen LogP contribution in [-0.4, -0.2) is 47.4 Å². The Hall–Kier alpha value is -1.66. The predicted octanol–water partition coefficient (Wildman–Crippen LogP) is 19.8. The van der Waals surface area contributed by atoms with Crippen molar-refractivity contribution in [1.29, 1.82) is 0 Å². The molecule has 0 spiro atoms. The van der Waals surface area contributed by atoms with Crippen LogP contribution in [-0.2, 0) is 14.3 Å². The van der Waals surface area contributed by atoms with Gasteiger partial charge in [-0.2, -0.15) is 0 Å². The van der Waals surface area contributed by atoms with Crippen LogP contribution in [0.15, 0.2) is 24.3 Å². The van der Waals surface area contributed by atoms with Crippen LogP contribution >= 0.6 is 0 Å². The number of hydrogen-bond acceptors (Lipinski definition) is 5. The third kappa shape index (κ3) is 55.7. The molecule has 70 heavy (non-hydrogen) atoms. The summed E-state index contributed by atoms with van der Waals surface area (Å²) in [5.74, 6) is -0.0248. The number of allylic oxidation sites excluding steroid dienone is 4. The number of carbonyl (C=O) groups is 2. The molecule has 0 aromatic carbocycles. The average molecular weight is 987 g/mol. The third-order valence-electron chi connectivity index (χ3n) is 14.8. The van der Waals surface area contributed by atoms with Crippen LogP contribution in [0.1, 0.15) is 348 Å². The number of aliphatic hydroxyl groups is 2. The van der Waals surface area contributed by atoms with Gasteiger partial charge in [-0.25, -0.2) is 0 Å². The van der Waals surface area contributed by atoms with E-state index in [2.05, 4.69) is 43.5 Å². The molecule has 0 saturated heterocycles. The number of amides is 1. The lowest BCUT2D eigenvalue weighted by Crippen LogP contribution is -2.45. The van der Waals surface area contributed by atoms with Gasteiger partial charge in [0.1, 0.15) is 0 Å². The Morgan fingerprint density at radius 1 is 0.400 bits per heavy atom. The number of nitrogens with one attached hydrogen (secondary N) is 1. The Bertz CT molecular complexity index is 1090. The lowest BCUT2D eigenvalue weighted by Gasteiger charge is -2.22. The molecule has 1 amide bonds. The number of rotatable bonds is 59. The SMILES string of the molecule is CCCCCCCCCCCCCCCCCCCC(=O)OCCCCCCCCCCC/C=C\C/C=C\CCCCCCCCCCCCCC(=O)NC(CO)C(O)CCCCCCCCCCC. The molecular formula is C64H123NO5. The highest BCUT2D eigenvalue weighted by molar-refractivity contribution is 5.76. The lowest BCUT2D eigenvalue weighted by molar-refractivity contribution is -0.143. The fourth-order valence-corrected chi connectivity index (χ4v) is 9.91. The van der Waals surface area contributed by atoms with Gasteiger partial charge in [-0.15, -0.1) is 0 Å². The van der Waals surface area contributed by atoms with Crippen LogP contribution in [0.2, 0.25) is 0 Å². The van der Waals surface area contributed by atoms with Gasteiger partial charge in [0.15, 0.2) is 0 Å². The largest absolute Gasteiger partial charge is 0.466 e. The maximum absolute atomic E-state index is 12.4. The highest BCUT2D eigenvalue weighted by Gasteiger charge is 2.20. The fraction of sp³-hybridized carbons (Fsp3) is 0.906. The van der Waals surface area contributed by atoms with E-state index in [4.69, 9.17) is 4.74 Å². The molecular weight excluding hydrogens is 863 g/mol. The Balaban J connectivity index is 3.37. The van der Waals surface area contributed by atoms with Crippen molar-refractivity contribution in [2.45, 2.75) is 360 Å². The Morgan fingerprint density at radius 3 is 1.09 bits per heavy atom. The van der Waals surface area contributed by atoms with Gasteiger partial charge in [-0.1, -0.05) is 301 Å². The molecule has 0 aromatic heterocycles. The minimum absolute atomic E-state index is 0.0148. The van der Waals surface area contributed by atoms with Crippen molar-refractivity contribution in [3.05, 3.63) is 24.3 Å². The van der Waals surface area contributed by atoms with Gasteiger partial charge in [-0.3, -0.25) is 9.59 Å². The number of carbonyl (C=O) groups excluding carboxylic acids is 2. The molecule has 0 fully saturated rings. The van der Waals surface area contributed by atoms with Crippen molar-refractivity contribution in [1.82, 2.24) is 5.32 Å². The minimum Gasteiger partial charge on any atom is -0.466 e. The van der Waals surface area contributed by atoms with Crippen molar-refractivity contribution in [3.8, 4) is 0 Å². The van der Waals surface area contributed by atoms with Crippen LogP contribution in [0.4, 0.5) is 0 Å². The highest BCUT2D eigenvalue weighted by atomic mass is 16.5. The zero-order valence-corrected chi connectivity index (χ0v) is 47.3. The molecule has 0 aromatic rings. The quantitative estimate of drug-likeness (QED) is 0.0321. The molecule has 6 heteroatoms. The first-order valence-electron chi connectivity index (χ1n) is 31.6. The maximum atomic E-state index is 12.4. The summed E-state index contributed by atoms with van der Waals surface area (Å²) in [6.45, 7) is 4.95. The van der Waals surface area contributed by atoms with Gasteiger partial charge in [0.05, 0.1) is 25.4 Å². The summed E-state index contributed by atoms with van der Waals surface area (Å²) in [6, 6.07) is -0.541. The Kier molecular flexibility index (Phi) is 58.5. The topological polar surface area (TPSA) is 95.9 Å². The maximum Gasteiger partial charge on any atom is 0.305 e. The van der Waals surface area contributed by atoms with Gasteiger partial charge in [0, 0.05) is 12.8 Å². The van der Waals surface area contributed by atoms with Crippen LogP contribution in [0, 0.1) is 0 Å². The number of aliphatic hydroxyl groups excluding tert-OH is 2. The highest BCUT2D eigenvalue weighted by Crippen LogP contribution is 2.18. The first kappa shape index (κ1) is 68.3. The molecule has 0 saturated carbocycles. The fourth-order valence-electron chi connectivity index (χ4n) is 9.91. The molecule has 3 N–H and O–H groups in total. The van der Waals surface area contributed by atoms with Crippen LogP contribution in [0.5, 0.6) is 0 Å². The van der Waals surface area contributed by atoms with Gasteiger partial charge < -0.3 is 20.3 Å². The van der Waals surface area contributed by atoms with E-state index >= 15 is 0 Å². The molecule has 0 rings (SSSR count). The Labute approximate surface area is 437 Å². The zero-order chi connectivity index (χ0) is 50.7. The number of hydrogen-bond donors (Lipinski definition) is 3. The summed E-state index contributed by atoms with van der Waals surface area (Å²) < 4.78 is 5.50. The van der Waals surface area contributed by atoms with E-state index in [1.54, 1.807) is 0 Å². The number of ether oxygens (including phenoxy) is 1. The first-order valence-corrected chi connectivity index (χ1v) is 31.6. The van der Waals surface area contributed by atoms with E-state index in [0.29, 0.717) is 25.9 Å². The second kappa shape index (κ2) is 59.9. The van der Waals surface area contributed by atoms with E-state index < -0.39 is 12.1 Å². The van der Waals surface area contributed by atoms with E-state index in [1.807, 2.05) is 0 Å². The van der Waals surface area contributed by atoms with Gasteiger partial charge in [0.2, 0.25) is 5.91 Å². The number of unbranched alkanes of at least 4 members (excludes halogenated alkanes) is 44. The van der Waals surface area contributed by atoms with E-state index in [1.165, 1.54) is 270 Å². The lowest BCUT2D eigenvalue weighted by atomic mass is 10.0. The van der Waals surface area contributed by atoms with Crippen molar-refractivity contribution < 1.29 is 24.5 Å². The van der Waals surface area contributed by atoms with Crippen molar-refractivity contribution in [2.75, 3.05) is 13.2 Å². The summed E-state index contributed by atoms with van der Waals surface area (Å²) in [6.07, 6.45) is 73.5. The standard InChI is InChI=1S/C64H123NO5/c1-3-5-7-9-11-13-14-15-16-28-32-35-38-42-46-50-54-58-64(69)70-59-55-51-47-43-39-36-33-30-27-25-23-21-19-17-18-20-22-24-26-29-31-34-37-41-45-49-53-57-63(68)65-61(60-66)62(67)56-52-48-44-40-12-10-8-6-4-2/h17-18,21,23,61-62,66-67H,3-16,19-20,22,24-60H2,1-2H3,(H,65,68)/b18-17-,23-21-. The van der Waals surface area contributed by atoms with E-state index in [-0.39, 0.29) is 18.5 Å². The van der Waals surface area contributed by atoms with E-state index in [0.717, 1.165) is 44.9 Å². The summed E-state index contributed by atoms with van der Waals surface area (Å²) >= 11 is 0. The van der Waals surface area contributed by atoms with Gasteiger partial charge in [-0.05, 0) is 57.8 Å². The van der Waals surface area contributed by atoms with Gasteiger partial charge >= 0.3 is 5.97 Å². The summed E-state index contributed by atoms with van der Waals surface area (Å²) in [5.41, 5.74) is 0. The summed E-state index contributed by atoms with van der Waals surface area (Å²) in [7, 11) is 0. The molecule has 0 radical (unpaired) electrons. The smallest absolute Gasteiger partial charge is 0.305 e. The van der Waals surface area contributed by atoms with Crippen molar-refractivity contribution >= 4 is 11.9 Å². The molecule has 6 nitrogen and oxygen atoms in total. The molecule has 0 aliphatic carbocycles.